The first-order valence-corrected chi connectivity index (χ1v) is 10.3. The van der Waals surface area contributed by atoms with Gasteiger partial charge in [0.25, 0.3) is 0 Å². The smallest absolute Gasteiger partial charge is 0.348 e. The second kappa shape index (κ2) is 10.2. The summed E-state index contributed by atoms with van der Waals surface area (Å²) in [5.74, 6) is -1.38. The van der Waals surface area contributed by atoms with Crippen LogP contribution in [-0.2, 0) is 20.7 Å². The summed E-state index contributed by atoms with van der Waals surface area (Å²) < 4.78 is 15.9. The van der Waals surface area contributed by atoms with Crippen molar-refractivity contribution in [3.8, 4) is 6.07 Å². The van der Waals surface area contributed by atoms with Crippen LogP contribution in [0.25, 0.3) is 6.08 Å². The molecule has 2 rings (SSSR count). The first-order chi connectivity index (χ1) is 13.8. The number of furan rings is 1. The maximum atomic E-state index is 12.7. The first-order valence-electron chi connectivity index (χ1n) is 8.69. The van der Waals surface area contributed by atoms with Crippen molar-refractivity contribution < 1.29 is 28.3 Å². The lowest BCUT2D eigenvalue weighted by Crippen LogP contribution is -2.12. The summed E-state index contributed by atoms with van der Waals surface area (Å²) in [6, 6.07) is 5.09. The van der Waals surface area contributed by atoms with Gasteiger partial charge in [0, 0.05) is 17.4 Å². The van der Waals surface area contributed by atoms with Gasteiger partial charge in [-0.1, -0.05) is 0 Å². The van der Waals surface area contributed by atoms with Crippen LogP contribution in [0, 0.1) is 18.3 Å². The molecule has 0 N–H and O–H groups in total. The third-order valence-electron chi connectivity index (χ3n) is 3.78. The van der Waals surface area contributed by atoms with E-state index in [9.17, 15) is 19.6 Å². The summed E-state index contributed by atoms with van der Waals surface area (Å²) >= 11 is 4.15. The van der Waals surface area contributed by atoms with Crippen molar-refractivity contribution >= 4 is 51.1 Å². The zero-order valence-electron chi connectivity index (χ0n) is 16.0. The molecule has 0 aliphatic carbocycles. The average molecular weight is 480 g/mol. The van der Waals surface area contributed by atoms with E-state index in [1.807, 2.05) is 6.07 Å². The quantitative estimate of drug-likeness (QED) is 0.311. The van der Waals surface area contributed by atoms with Gasteiger partial charge in [-0.3, -0.25) is 4.79 Å². The molecule has 2 heterocycles. The molecule has 0 unspecified atom stereocenters. The molecule has 0 amide bonds. The van der Waals surface area contributed by atoms with Crippen molar-refractivity contribution in [1.82, 2.24) is 0 Å². The maximum Gasteiger partial charge on any atom is 0.348 e. The molecule has 0 aromatic carbocycles. The Hall–Kier alpha value is -2.70. The van der Waals surface area contributed by atoms with E-state index < -0.39 is 17.7 Å². The highest BCUT2D eigenvalue weighted by Crippen LogP contribution is 2.31. The minimum atomic E-state index is -0.628. The summed E-state index contributed by atoms with van der Waals surface area (Å²) in [6.45, 7) is 5.26. The van der Waals surface area contributed by atoms with Gasteiger partial charge >= 0.3 is 11.9 Å². The molecule has 7 nitrogen and oxygen atoms in total. The fraction of sp³-hybridized carbons (Fsp3) is 0.300. The van der Waals surface area contributed by atoms with Crippen LogP contribution in [0.1, 0.15) is 50.1 Å². The highest BCUT2D eigenvalue weighted by Gasteiger charge is 2.28. The lowest BCUT2D eigenvalue weighted by molar-refractivity contribution is -0.114. The van der Waals surface area contributed by atoms with Crippen molar-refractivity contribution in [2.24, 2.45) is 0 Å². The predicted molar refractivity (Wildman–Crippen MR) is 110 cm³/mol. The van der Waals surface area contributed by atoms with E-state index >= 15 is 0 Å². The van der Waals surface area contributed by atoms with Crippen molar-refractivity contribution in [1.29, 1.82) is 5.26 Å². The highest BCUT2D eigenvalue weighted by atomic mass is 79.9. The van der Waals surface area contributed by atoms with Crippen LogP contribution in [0.15, 0.2) is 26.8 Å². The van der Waals surface area contributed by atoms with Gasteiger partial charge in [0.05, 0.1) is 24.4 Å². The first kappa shape index (κ1) is 22.6. The Kier molecular flexibility index (Phi) is 7.93. The molecule has 0 radical (unpaired) electrons. The molecule has 0 aliphatic heterocycles. The summed E-state index contributed by atoms with van der Waals surface area (Å²) in [5.41, 5.74) is 0.420. The van der Waals surface area contributed by atoms with Crippen LogP contribution in [0.2, 0.25) is 0 Å². The Morgan fingerprint density at radius 2 is 1.86 bits per heavy atom. The van der Waals surface area contributed by atoms with E-state index in [-0.39, 0.29) is 35.6 Å². The molecule has 0 saturated heterocycles. The molecule has 152 valence electrons. The van der Waals surface area contributed by atoms with Crippen molar-refractivity contribution in [2.45, 2.75) is 27.2 Å². The molecule has 9 heteroatoms. The number of nitrogens with zero attached hydrogens (tertiary/aromatic N) is 1. The zero-order valence-corrected chi connectivity index (χ0v) is 18.4. The molecule has 2 aromatic rings. The molecule has 2 aromatic heterocycles. The van der Waals surface area contributed by atoms with Crippen molar-refractivity contribution in [2.75, 3.05) is 13.2 Å². The van der Waals surface area contributed by atoms with Gasteiger partial charge in [0.1, 0.15) is 16.7 Å². The largest absolute Gasteiger partial charge is 0.462 e. The van der Waals surface area contributed by atoms with E-state index in [1.165, 1.54) is 6.08 Å². The predicted octanol–water partition coefficient (Wildman–Crippen LogP) is 4.48. The number of carbonyl (C=O) groups is 3. The number of thiophene rings is 1. The Labute approximate surface area is 180 Å². The third-order valence-corrected chi connectivity index (χ3v) is 5.48. The number of allylic oxidation sites excluding steroid dienone is 1. The van der Waals surface area contributed by atoms with E-state index in [2.05, 4.69) is 15.9 Å². The number of nitriles is 1. The van der Waals surface area contributed by atoms with Crippen LogP contribution >= 0.6 is 27.3 Å². The Balaban J connectivity index is 2.41. The Morgan fingerprint density at radius 3 is 2.41 bits per heavy atom. The van der Waals surface area contributed by atoms with Crippen LogP contribution in [0.3, 0.4) is 0 Å². The third kappa shape index (κ3) is 5.43. The van der Waals surface area contributed by atoms with Crippen molar-refractivity contribution in [3.63, 3.8) is 0 Å². The topological polar surface area (TPSA) is 107 Å². The molecule has 29 heavy (non-hydrogen) atoms. The molecule has 0 aliphatic rings. The summed E-state index contributed by atoms with van der Waals surface area (Å²) in [6.07, 6.45) is 1.09. The van der Waals surface area contributed by atoms with Crippen LogP contribution in [0.5, 0.6) is 0 Å². The summed E-state index contributed by atoms with van der Waals surface area (Å²) in [4.78, 5) is 37.9. The van der Waals surface area contributed by atoms with Gasteiger partial charge in [-0.05, 0) is 54.4 Å². The van der Waals surface area contributed by atoms with E-state index in [0.717, 1.165) is 11.3 Å². The molecular formula is C20H18BrNO6S. The fourth-order valence-corrected chi connectivity index (χ4v) is 4.03. The second-order valence-corrected chi connectivity index (χ2v) is 7.59. The van der Waals surface area contributed by atoms with E-state index in [0.29, 0.717) is 20.9 Å². The average Bonchev–Trinajstić information content (AvgIpc) is 3.22. The molecule has 0 spiro atoms. The summed E-state index contributed by atoms with van der Waals surface area (Å²) in [5, 5.41) is 9.37. The number of carbonyl (C=O) groups excluding carboxylic acids is 3. The standard InChI is InChI=1S/C20H18BrNO6S/c1-4-26-19(24)17-11(3)18(20(25)27-5-2)29-15(17)9-14(23)12(10-22)8-13-6-7-16(21)28-13/h6-8H,4-5,9H2,1-3H3/b12-8+. The van der Waals surface area contributed by atoms with Crippen molar-refractivity contribution in [3.05, 3.63) is 49.0 Å². The molecular weight excluding hydrogens is 462 g/mol. The Morgan fingerprint density at radius 1 is 1.21 bits per heavy atom. The number of rotatable bonds is 8. The minimum Gasteiger partial charge on any atom is -0.462 e. The van der Waals surface area contributed by atoms with Crippen LogP contribution in [-0.4, -0.2) is 30.9 Å². The monoisotopic (exact) mass is 479 g/mol. The number of Topliss-reactive ketones (excluding diaryl/α,β-unsaturated/α-hetero) is 1. The zero-order chi connectivity index (χ0) is 21.6. The van der Waals surface area contributed by atoms with Gasteiger partial charge < -0.3 is 13.9 Å². The number of ketones is 1. The van der Waals surface area contributed by atoms with Gasteiger partial charge in [-0.15, -0.1) is 11.3 Å². The normalized spacial score (nSPS) is 11.1. The number of hydrogen-bond donors (Lipinski definition) is 0. The highest BCUT2D eigenvalue weighted by molar-refractivity contribution is 9.10. The number of halogens is 1. The second-order valence-electron chi connectivity index (χ2n) is 5.71. The van der Waals surface area contributed by atoms with Gasteiger partial charge in [0.2, 0.25) is 0 Å². The number of ether oxygens (including phenoxy) is 2. The summed E-state index contributed by atoms with van der Waals surface area (Å²) in [7, 11) is 0. The Bertz CT molecular complexity index is 1010. The lowest BCUT2D eigenvalue weighted by Gasteiger charge is -2.05. The fourth-order valence-electron chi connectivity index (χ4n) is 2.52. The molecule has 0 atom stereocenters. The minimum absolute atomic E-state index is 0.134. The number of hydrogen-bond acceptors (Lipinski definition) is 8. The van der Waals surface area contributed by atoms with Gasteiger partial charge in [-0.2, -0.15) is 5.26 Å². The number of esters is 2. The molecule has 0 saturated carbocycles. The SMILES string of the molecule is CCOC(=O)c1sc(CC(=O)/C(C#N)=C/c2ccc(Br)o2)c(C(=O)OCC)c1C. The van der Waals surface area contributed by atoms with Gasteiger partial charge in [0.15, 0.2) is 10.5 Å². The van der Waals surface area contributed by atoms with Gasteiger partial charge in [-0.25, -0.2) is 9.59 Å². The molecule has 0 bridgehead atoms. The van der Waals surface area contributed by atoms with Crippen LogP contribution in [0.4, 0.5) is 0 Å². The van der Waals surface area contributed by atoms with E-state index in [1.54, 1.807) is 32.9 Å². The van der Waals surface area contributed by atoms with E-state index in [4.69, 9.17) is 13.9 Å². The lowest BCUT2D eigenvalue weighted by atomic mass is 10.0. The van der Waals surface area contributed by atoms with Crippen LogP contribution < -0.4 is 0 Å². The molecule has 0 fully saturated rings. The maximum absolute atomic E-state index is 12.7.